The van der Waals surface area contributed by atoms with E-state index >= 15 is 0 Å². The molecular weight excluding hydrogens is 312 g/mol. The number of carbonyl (C=O) groups is 2. The first-order valence-electron chi connectivity index (χ1n) is 6.00. The Balaban J connectivity index is 2.24. The molecule has 0 spiro atoms. The van der Waals surface area contributed by atoms with Gasteiger partial charge >= 0.3 is 5.97 Å². The molecule has 1 aromatic carbocycles. The standard InChI is InChI=1S/C13H15BrN2O3/c1-8-6-9(2-3-10(8)14)16-5-4-12(17)15-11(7-16)13(18)19/h2-3,6,11H,4-5,7H2,1H3,(H,15,17)(H,18,19). The third-order valence-electron chi connectivity index (χ3n) is 3.15. The van der Waals surface area contributed by atoms with Gasteiger partial charge in [-0.05, 0) is 30.7 Å². The van der Waals surface area contributed by atoms with Crippen LogP contribution in [0.2, 0.25) is 0 Å². The summed E-state index contributed by atoms with van der Waals surface area (Å²) in [6.45, 7) is 2.78. The zero-order valence-electron chi connectivity index (χ0n) is 10.5. The Morgan fingerprint density at radius 3 is 2.89 bits per heavy atom. The van der Waals surface area contributed by atoms with Crippen molar-refractivity contribution in [3.8, 4) is 0 Å². The molecule has 1 fully saturated rings. The molecule has 1 amide bonds. The lowest BCUT2D eigenvalue weighted by atomic mass is 10.2. The van der Waals surface area contributed by atoms with Gasteiger partial charge in [-0.15, -0.1) is 0 Å². The van der Waals surface area contributed by atoms with Crippen molar-refractivity contribution in [3.63, 3.8) is 0 Å². The normalized spacial score (nSPS) is 19.8. The minimum Gasteiger partial charge on any atom is -0.480 e. The van der Waals surface area contributed by atoms with Crippen molar-refractivity contribution in [2.45, 2.75) is 19.4 Å². The Bertz CT molecular complexity index is 519. The number of halogens is 1. The van der Waals surface area contributed by atoms with Crippen LogP contribution in [0, 0.1) is 6.92 Å². The van der Waals surface area contributed by atoms with E-state index in [1.807, 2.05) is 30.0 Å². The van der Waals surface area contributed by atoms with Gasteiger partial charge in [0.05, 0.1) is 0 Å². The maximum Gasteiger partial charge on any atom is 0.328 e. The number of nitrogens with zero attached hydrogens (tertiary/aromatic N) is 1. The van der Waals surface area contributed by atoms with Crippen LogP contribution in [0.15, 0.2) is 22.7 Å². The summed E-state index contributed by atoms with van der Waals surface area (Å²) in [5.74, 6) is -1.22. The molecule has 1 atom stereocenters. The maximum atomic E-state index is 11.5. The van der Waals surface area contributed by atoms with Gasteiger partial charge in [0.1, 0.15) is 6.04 Å². The summed E-state index contributed by atoms with van der Waals surface area (Å²) in [6.07, 6.45) is 0.304. The number of aliphatic carboxylic acids is 1. The molecule has 6 heteroatoms. The average Bonchev–Trinajstić information content (AvgIpc) is 2.55. The number of benzene rings is 1. The molecule has 2 N–H and O–H groups in total. The van der Waals surface area contributed by atoms with Crippen LogP contribution in [-0.4, -0.2) is 36.1 Å². The highest BCUT2D eigenvalue weighted by molar-refractivity contribution is 9.10. The van der Waals surface area contributed by atoms with Crippen LogP contribution in [-0.2, 0) is 9.59 Å². The molecule has 1 heterocycles. The first kappa shape index (κ1) is 13.9. The second-order valence-corrected chi connectivity index (χ2v) is 5.44. The molecule has 1 aromatic rings. The van der Waals surface area contributed by atoms with Crippen molar-refractivity contribution in [2.24, 2.45) is 0 Å². The monoisotopic (exact) mass is 326 g/mol. The number of carboxylic acid groups (broad SMARTS) is 1. The first-order chi connectivity index (χ1) is 8.97. The topological polar surface area (TPSA) is 69.6 Å². The summed E-state index contributed by atoms with van der Waals surface area (Å²) >= 11 is 3.43. The quantitative estimate of drug-likeness (QED) is 0.864. The van der Waals surface area contributed by atoms with Crippen molar-refractivity contribution in [1.82, 2.24) is 5.32 Å². The molecule has 1 aliphatic rings. The summed E-state index contributed by atoms with van der Waals surface area (Å²) in [6, 6.07) is 4.98. The first-order valence-corrected chi connectivity index (χ1v) is 6.80. The van der Waals surface area contributed by atoms with E-state index in [-0.39, 0.29) is 12.5 Å². The number of hydrogen-bond acceptors (Lipinski definition) is 3. The highest BCUT2D eigenvalue weighted by Gasteiger charge is 2.27. The van der Waals surface area contributed by atoms with Crippen molar-refractivity contribution in [2.75, 3.05) is 18.0 Å². The van der Waals surface area contributed by atoms with E-state index in [1.165, 1.54) is 0 Å². The number of anilines is 1. The van der Waals surface area contributed by atoms with Crippen LogP contribution in [0.5, 0.6) is 0 Å². The molecule has 0 radical (unpaired) electrons. The summed E-state index contributed by atoms with van der Waals surface area (Å²) in [5.41, 5.74) is 2.01. The van der Waals surface area contributed by atoms with Gasteiger partial charge in [0, 0.05) is 29.7 Å². The fourth-order valence-corrected chi connectivity index (χ4v) is 2.31. The van der Waals surface area contributed by atoms with Crippen molar-refractivity contribution in [3.05, 3.63) is 28.2 Å². The lowest BCUT2D eigenvalue weighted by Gasteiger charge is -2.24. The molecule has 5 nitrogen and oxygen atoms in total. The molecule has 0 aromatic heterocycles. The van der Waals surface area contributed by atoms with Gasteiger partial charge < -0.3 is 15.3 Å². The van der Waals surface area contributed by atoms with Gasteiger partial charge in [-0.25, -0.2) is 4.79 Å². The predicted octanol–water partition coefficient (Wildman–Crippen LogP) is 1.54. The van der Waals surface area contributed by atoms with Crippen LogP contribution in [0.25, 0.3) is 0 Å². The van der Waals surface area contributed by atoms with Crippen LogP contribution in [0.1, 0.15) is 12.0 Å². The van der Waals surface area contributed by atoms with E-state index in [2.05, 4.69) is 21.2 Å². The van der Waals surface area contributed by atoms with E-state index in [0.717, 1.165) is 15.7 Å². The molecule has 1 saturated heterocycles. The number of amides is 1. The van der Waals surface area contributed by atoms with Crippen molar-refractivity contribution in [1.29, 1.82) is 0 Å². The SMILES string of the molecule is Cc1cc(N2CCC(=O)NC(C(=O)O)C2)ccc1Br. The van der Waals surface area contributed by atoms with Crippen LogP contribution >= 0.6 is 15.9 Å². The molecule has 19 heavy (non-hydrogen) atoms. The highest BCUT2D eigenvalue weighted by atomic mass is 79.9. The predicted molar refractivity (Wildman–Crippen MR) is 75.3 cm³/mol. The van der Waals surface area contributed by atoms with Gasteiger partial charge in [-0.3, -0.25) is 4.79 Å². The Hall–Kier alpha value is -1.56. The van der Waals surface area contributed by atoms with E-state index in [1.54, 1.807) is 0 Å². The molecule has 2 rings (SSSR count). The molecule has 0 aliphatic carbocycles. The molecule has 0 saturated carbocycles. The Morgan fingerprint density at radius 1 is 1.53 bits per heavy atom. The molecule has 1 aliphatic heterocycles. The second-order valence-electron chi connectivity index (χ2n) is 4.59. The molecular formula is C13H15BrN2O3. The fourth-order valence-electron chi connectivity index (χ4n) is 2.06. The fraction of sp³-hybridized carbons (Fsp3) is 0.385. The average molecular weight is 327 g/mol. The second kappa shape index (κ2) is 5.61. The summed E-state index contributed by atoms with van der Waals surface area (Å²) < 4.78 is 1.01. The Kier molecular flexibility index (Phi) is 4.09. The van der Waals surface area contributed by atoms with Crippen LogP contribution in [0.3, 0.4) is 0 Å². The summed E-state index contributed by atoms with van der Waals surface area (Å²) in [4.78, 5) is 24.5. The number of hydrogen-bond donors (Lipinski definition) is 2. The van der Waals surface area contributed by atoms with Gasteiger partial charge in [0.2, 0.25) is 5.91 Å². The Morgan fingerprint density at radius 2 is 2.26 bits per heavy atom. The van der Waals surface area contributed by atoms with Gasteiger partial charge in [-0.2, -0.15) is 0 Å². The van der Waals surface area contributed by atoms with E-state index in [4.69, 9.17) is 5.11 Å². The van der Waals surface area contributed by atoms with E-state index in [0.29, 0.717) is 13.0 Å². The van der Waals surface area contributed by atoms with Gasteiger partial charge in [-0.1, -0.05) is 15.9 Å². The molecule has 0 bridgehead atoms. The highest BCUT2D eigenvalue weighted by Crippen LogP contribution is 2.24. The van der Waals surface area contributed by atoms with Crippen LogP contribution < -0.4 is 10.2 Å². The number of aryl methyl sites for hydroxylation is 1. The lowest BCUT2D eigenvalue weighted by Crippen LogP contribution is -2.45. The van der Waals surface area contributed by atoms with Gasteiger partial charge in [0.15, 0.2) is 0 Å². The van der Waals surface area contributed by atoms with Crippen molar-refractivity contribution < 1.29 is 14.7 Å². The number of rotatable bonds is 2. The number of nitrogens with one attached hydrogen (secondary N) is 1. The third-order valence-corrected chi connectivity index (χ3v) is 4.04. The molecule has 1 unspecified atom stereocenters. The lowest BCUT2D eigenvalue weighted by molar-refractivity contribution is -0.141. The zero-order valence-corrected chi connectivity index (χ0v) is 12.1. The Labute approximate surface area is 119 Å². The minimum absolute atomic E-state index is 0.219. The third kappa shape index (κ3) is 3.26. The van der Waals surface area contributed by atoms with E-state index < -0.39 is 12.0 Å². The minimum atomic E-state index is -1.01. The summed E-state index contributed by atoms with van der Waals surface area (Å²) in [7, 11) is 0. The van der Waals surface area contributed by atoms with E-state index in [9.17, 15) is 9.59 Å². The van der Waals surface area contributed by atoms with Crippen LogP contribution in [0.4, 0.5) is 5.69 Å². The number of carbonyl (C=O) groups excluding carboxylic acids is 1. The summed E-state index contributed by atoms with van der Waals surface area (Å²) in [5, 5.41) is 11.6. The van der Waals surface area contributed by atoms with Crippen molar-refractivity contribution >= 4 is 33.5 Å². The van der Waals surface area contributed by atoms with Gasteiger partial charge in [0.25, 0.3) is 0 Å². The number of carboxylic acids is 1. The molecule has 102 valence electrons. The smallest absolute Gasteiger partial charge is 0.328 e. The largest absolute Gasteiger partial charge is 0.480 e. The maximum absolute atomic E-state index is 11.5. The zero-order chi connectivity index (χ0) is 14.0.